The summed E-state index contributed by atoms with van der Waals surface area (Å²) in [5.74, 6) is -3.11. The minimum Gasteiger partial charge on any atom is -0.319 e. The summed E-state index contributed by atoms with van der Waals surface area (Å²) in [6.45, 7) is 3.66. The van der Waals surface area contributed by atoms with E-state index in [0.717, 1.165) is 0 Å². The molecule has 0 aliphatic heterocycles. The molecule has 3 nitrogen and oxygen atoms in total. The van der Waals surface area contributed by atoms with Crippen LogP contribution in [0.1, 0.15) is 37.2 Å². The van der Waals surface area contributed by atoms with Gasteiger partial charge in [0.2, 0.25) is 0 Å². The molecule has 0 aliphatic rings. The zero-order valence-electron chi connectivity index (χ0n) is 10.9. The average Bonchev–Trinajstić information content (AvgIpc) is 2.69. The molecule has 2 aromatic rings. The lowest BCUT2D eigenvalue weighted by Crippen LogP contribution is -2.21. The molecule has 0 radical (unpaired) electrons. The van der Waals surface area contributed by atoms with Gasteiger partial charge in [0.15, 0.2) is 0 Å². The van der Waals surface area contributed by atoms with Crippen molar-refractivity contribution in [2.75, 3.05) is 0 Å². The topological polar surface area (TPSA) is 43.8 Å². The summed E-state index contributed by atoms with van der Waals surface area (Å²) in [5, 5.41) is 4.23. The maximum atomic E-state index is 13.8. The van der Waals surface area contributed by atoms with E-state index in [-0.39, 0.29) is 16.8 Å². The normalized spacial score (nSPS) is 13.0. The van der Waals surface area contributed by atoms with Crippen LogP contribution in [0, 0.1) is 17.5 Å². The predicted molar refractivity (Wildman–Crippen MR) is 70.0 cm³/mol. The van der Waals surface area contributed by atoms with Crippen LogP contribution in [0.3, 0.4) is 0 Å². The monoisotopic (exact) mass is 303 g/mol. The fraction of sp³-hybridized carbons (Fsp3) is 0.308. The molecular weight excluding hydrogens is 291 g/mol. The van der Waals surface area contributed by atoms with Crippen LogP contribution in [0.4, 0.5) is 13.2 Å². The van der Waals surface area contributed by atoms with Crippen LogP contribution < -0.4 is 5.73 Å². The molecule has 1 atom stereocenters. The third-order valence-corrected chi connectivity index (χ3v) is 3.22. The number of nitrogens with zero attached hydrogens (tertiary/aromatic N) is 2. The van der Waals surface area contributed by atoms with Crippen LogP contribution in [0.2, 0.25) is 5.02 Å². The molecule has 0 spiro atoms. The van der Waals surface area contributed by atoms with E-state index in [1.54, 1.807) is 0 Å². The van der Waals surface area contributed by atoms with Crippen LogP contribution in [0.5, 0.6) is 0 Å². The van der Waals surface area contributed by atoms with Gasteiger partial charge in [-0.1, -0.05) is 11.6 Å². The molecule has 0 saturated heterocycles. The zero-order chi connectivity index (χ0) is 15.0. The van der Waals surface area contributed by atoms with E-state index in [4.69, 9.17) is 17.3 Å². The van der Waals surface area contributed by atoms with Crippen molar-refractivity contribution in [1.82, 2.24) is 9.78 Å². The highest BCUT2D eigenvalue weighted by atomic mass is 35.5. The third kappa shape index (κ3) is 2.53. The highest BCUT2D eigenvalue weighted by Gasteiger charge is 2.26. The fourth-order valence-corrected chi connectivity index (χ4v) is 2.29. The minimum absolute atomic E-state index is 0.0879. The van der Waals surface area contributed by atoms with Gasteiger partial charge in [0, 0.05) is 23.7 Å². The molecule has 2 N–H and O–H groups in total. The molecule has 1 heterocycles. The Hall–Kier alpha value is -1.53. The van der Waals surface area contributed by atoms with E-state index < -0.39 is 29.1 Å². The predicted octanol–water partition coefficient (Wildman–Crippen LogP) is 3.58. The van der Waals surface area contributed by atoms with Gasteiger partial charge in [-0.3, -0.25) is 4.68 Å². The summed E-state index contributed by atoms with van der Waals surface area (Å²) in [6.07, 6.45) is 1.36. The molecule has 0 aliphatic carbocycles. The van der Waals surface area contributed by atoms with Crippen molar-refractivity contribution in [3.05, 3.63) is 52.1 Å². The van der Waals surface area contributed by atoms with Crippen LogP contribution >= 0.6 is 11.6 Å². The first-order valence-corrected chi connectivity index (χ1v) is 6.33. The molecule has 20 heavy (non-hydrogen) atoms. The largest absolute Gasteiger partial charge is 0.319 e. The first kappa shape index (κ1) is 14.9. The van der Waals surface area contributed by atoms with E-state index in [9.17, 15) is 13.2 Å². The maximum Gasteiger partial charge on any atom is 0.134 e. The van der Waals surface area contributed by atoms with Crippen molar-refractivity contribution in [3.63, 3.8) is 0 Å². The molecule has 1 aromatic heterocycles. The van der Waals surface area contributed by atoms with Crippen LogP contribution in [0.25, 0.3) is 0 Å². The van der Waals surface area contributed by atoms with Gasteiger partial charge in [0.1, 0.15) is 17.5 Å². The molecule has 0 saturated carbocycles. The van der Waals surface area contributed by atoms with Crippen LogP contribution in [0.15, 0.2) is 18.3 Å². The van der Waals surface area contributed by atoms with Gasteiger partial charge >= 0.3 is 0 Å². The van der Waals surface area contributed by atoms with Crippen molar-refractivity contribution in [2.45, 2.75) is 25.9 Å². The van der Waals surface area contributed by atoms with Crippen molar-refractivity contribution >= 4 is 11.6 Å². The SMILES string of the molecule is CC(C)n1ncc(Cl)c1C(N)c1c(F)cc(F)cc1F. The second kappa shape index (κ2) is 5.46. The third-order valence-electron chi connectivity index (χ3n) is 2.93. The number of benzene rings is 1. The van der Waals surface area contributed by atoms with E-state index in [2.05, 4.69) is 5.10 Å². The first-order chi connectivity index (χ1) is 9.32. The highest BCUT2D eigenvalue weighted by molar-refractivity contribution is 6.31. The summed E-state index contributed by atoms with van der Waals surface area (Å²) in [4.78, 5) is 0. The number of rotatable bonds is 3. The first-order valence-electron chi connectivity index (χ1n) is 5.95. The lowest BCUT2D eigenvalue weighted by atomic mass is 10.0. The fourth-order valence-electron chi connectivity index (χ4n) is 2.04. The quantitative estimate of drug-likeness (QED) is 0.942. The van der Waals surface area contributed by atoms with Crippen molar-refractivity contribution < 1.29 is 13.2 Å². The number of hydrogen-bond acceptors (Lipinski definition) is 2. The Kier molecular flexibility index (Phi) is 4.06. The minimum atomic E-state index is -1.17. The van der Waals surface area contributed by atoms with E-state index in [1.807, 2.05) is 13.8 Å². The van der Waals surface area contributed by atoms with Gasteiger partial charge in [-0.05, 0) is 13.8 Å². The van der Waals surface area contributed by atoms with E-state index in [0.29, 0.717) is 12.1 Å². The summed E-state index contributed by atoms with van der Waals surface area (Å²) in [5.41, 5.74) is 5.75. The molecule has 0 bridgehead atoms. The van der Waals surface area contributed by atoms with Crippen molar-refractivity contribution in [3.8, 4) is 0 Å². The highest BCUT2D eigenvalue weighted by Crippen LogP contribution is 2.31. The maximum absolute atomic E-state index is 13.8. The Bertz CT molecular complexity index is 617. The summed E-state index contributed by atoms with van der Waals surface area (Å²) < 4.78 is 42.0. The molecule has 7 heteroatoms. The Balaban J connectivity index is 2.58. The Morgan fingerprint density at radius 3 is 2.25 bits per heavy atom. The molecule has 0 amide bonds. The number of halogens is 4. The molecular formula is C13H13ClF3N3. The van der Waals surface area contributed by atoms with Gasteiger partial charge in [0.05, 0.1) is 23.0 Å². The summed E-state index contributed by atoms with van der Waals surface area (Å²) in [7, 11) is 0. The van der Waals surface area contributed by atoms with Crippen LogP contribution in [-0.2, 0) is 0 Å². The van der Waals surface area contributed by atoms with Gasteiger partial charge in [-0.25, -0.2) is 13.2 Å². The Morgan fingerprint density at radius 1 is 1.20 bits per heavy atom. The Labute approximate surface area is 119 Å². The van der Waals surface area contributed by atoms with Crippen LogP contribution in [-0.4, -0.2) is 9.78 Å². The van der Waals surface area contributed by atoms with Gasteiger partial charge < -0.3 is 5.73 Å². The van der Waals surface area contributed by atoms with Gasteiger partial charge in [-0.15, -0.1) is 0 Å². The second-order valence-corrected chi connectivity index (χ2v) is 5.08. The van der Waals surface area contributed by atoms with E-state index in [1.165, 1.54) is 10.9 Å². The van der Waals surface area contributed by atoms with Crippen molar-refractivity contribution in [1.29, 1.82) is 0 Å². The molecule has 108 valence electrons. The second-order valence-electron chi connectivity index (χ2n) is 4.68. The lowest BCUT2D eigenvalue weighted by Gasteiger charge is -2.18. The van der Waals surface area contributed by atoms with Gasteiger partial charge in [-0.2, -0.15) is 5.10 Å². The van der Waals surface area contributed by atoms with E-state index >= 15 is 0 Å². The van der Waals surface area contributed by atoms with Gasteiger partial charge in [0.25, 0.3) is 0 Å². The molecule has 1 unspecified atom stereocenters. The zero-order valence-corrected chi connectivity index (χ0v) is 11.6. The molecule has 1 aromatic carbocycles. The summed E-state index contributed by atoms with van der Waals surface area (Å²) in [6, 6.07) is -0.0898. The number of aromatic nitrogens is 2. The Morgan fingerprint density at radius 2 is 1.75 bits per heavy atom. The standard InChI is InChI=1S/C13H13ClF3N3/c1-6(2)20-13(8(14)5-19-20)12(18)11-9(16)3-7(15)4-10(11)17/h3-6,12H,18H2,1-2H3. The number of hydrogen-bond donors (Lipinski definition) is 1. The van der Waals surface area contributed by atoms with Crippen molar-refractivity contribution in [2.24, 2.45) is 5.73 Å². The molecule has 2 rings (SSSR count). The average molecular weight is 304 g/mol. The number of nitrogens with two attached hydrogens (primary N) is 1. The molecule has 0 fully saturated rings. The smallest absolute Gasteiger partial charge is 0.134 e. The summed E-state index contributed by atoms with van der Waals surface area (Å²) >= 11 is 5.99. The lowest BCUT2D eigenvalue weighted by molar-refractivity contribution is 0.477.